The number of carbonyl (C=O) groups excluding carboxylic acids is 2. The Kier molecular flexibility index (Phi) is 6.51. The maximum Gasteiger partial charge on any atom is 0.226 e. The van der Waals surface area contributed by atoms with Gasteiger partial charge in [0, 0.05) is 39.0 Å². The van der Waals surface area contributed by atoms with E-state index in [9.17, 15) is 9.59 Å². The van der Waals surface area contributed by atoms with E-state index < -0.39 is 0 Å². The Labute approximate surface area is 179 Å². The van der Waals surface area contributed by atoms with E-state index in [2.05, 4.69) is 41.3 Å². The number of likely N-dealkylation sites (tertiary alicyclic amines) is 1. The number of rotatable bonds is 7. The van der Waals surface area contributed by atoms with E-state index in [0.717, 1.165) is 44.3 Å². The van der Waals surface area contributed by atoms with Crippen LogP contribution < -0.4 is 0 Å². The van der Waals surface area contributed by atoms with Gasteiger partial charge in [0.15, 0.2) is 0 Å². The van der Waals surface area contributed by atoms with Gasteiger partial charge in [0.05, 0.1) is 0 Å². The van der Waals surface area contributed by atoms with Crippen LogP contribution in [0.1, 0.15) is 49.1 Å². The highest BCUT2D eigenvalue weighted by atomic mass is 16.2. The summed E-state index contributed by atoms with van der Waals surface area (Å²) in [6.07, 6.45) is 4.55. The van der Waals surface area contributed by atoms with E-state index in [0.29, 0.717) is 30.7 Å². The van der Waals surface area contributed by atoms with Crippen LogP contribution >= 0.6 is 0 Å². The van der Waals surface area contributed by atoms with Crippen molar-refractivity contribution in [2.45, 2.75) is 44.6 Å². The van der Waals surface area contributed by atoms with Gasteiger partial charge in [-0.25, -0.2) is 0 Å². The minimum atomic E-state index is 0.178. The highest BCUT2D eigenvalue weighted by Gasteiger charge is 2.46. The van der Waals surface area contributed by atoms with Crippen molar-refractivity contribution in [3.63, 3.8) is 0 Å². The lowest BCUT2D eigenvalue weighted by atomic mass is 9.91. The summed E-state index contributed by atoms with van der Waals surface area (Å²) >= 11 is 0. The van der Waals surface area contributed by atoms with Crippen LogP contribution in [-0.2, 0) is 16.1 Å². The summed E-state index contributed by atoms with van der Waals surface area (Å²) in [5.74, 6) is 1.68. The molecule has 2 aromatic rings. The lowest BCUT2D eigenvalue weighted by Gasteiger charge is -2.32. The van der Waals surface area contributed by atoms with Crippen molar-refractivity contribution in [1.29, 1.82) is 0 Å². The van der Waals surface area contributed by atoms with Gasteiger partial charge in [-0.2, -0.15) is 0 Å². The largest absolute Gasteiger partial charge is 0.342 e. The first-order valence-corrected chi connectivity index (χ1v) is 11.2. The molecule has 4 rings (SSSR count). The summed E-state index contributed by atoms with van der Waals surface area (Å²) in [5.41, 5.74) is 2.46. The third-order valence-corrected chi connectivity index (χ3v) is 6.72. The monoisotopic (exact) mass is 404 g/mol. The quantitative estimate of drug-likeness (QED) is 0.683. The molecular weight excluding hydrogens is 372 g/mol. The number of hydrogen-bond acceptors (Lipinski definition) is 2. The zero-order valence-corrected chi connectivity index (χ0v) is 17.9. The molecule has 1 saturated carbocycles. The lowest BCUT2D eigenvalue weighted by Crippen LogP contribution is -2.39. The van der Waals surface area contributed by atoms with Gasteiger partial charge in [0.1, 0.15) is 0 Å². The van der Waals surface area contributed by atoms with Crippen LogP contribution in [0.2, 0.25) is 0 Å². The summed E-state index contributed by atoms with van der Waals surface area (Å²) in [5, 5.41) is 0. The van der Waals surface area contributed by atoms with Crippen LogP contribution in [0.15, 0.2) is 60.7 Å². The molecule has 0 N–H and O–H groups in total. The number of nitrogens with zero attached hydrogens (tertiary/aromatic N) is 2. The van der Waals surface area contributed by atoms with E-state index in [-0.39, 0.29) is 11.8 Å². The summed E-state index contributed by atoms with van der Waals surface area (Å²) in [6.45, 7) is 2.35. The van der Waals surface area contributed by atoms with Gasteiger partial charge in [-0.3, -0.25) is 9.59 Å². The summed E-state index contributed by atoms with van der Waals surface area (Å²) in [4.78, 5) is 29.2. The normalized spacial score (nSPS) is 21.3. The first-order chi connectivity index (χ1) is 14.6. The molecule has 158 valence electrons. The average Bonchev–Trinajstić information content (AvgIpc) is 3.59. The first kappa shape index (κ1) is 20.6. The fraction of sp³-hybridized carbons (Fsp3) is 0.462. The fourth-order valence-corrected chi connectivity index (χ4v) is 4.68. The third kappa shape index (κ3) is 5.10. The standard InChI is InChI=1S/C26H32N2O2/c1-27(19-21-8-4-2-5-9-21)25(29)13-12-20-14-16-28(17-15-20)26(30)24-18-23(24)22-10-6-3-7-11-22/h2-11,20,23-24H,12-19H2,1H3/t23-,24+/m0/s1. The van der Waals surface area contributed by atoms with Crippen molar-refractivity contribution in [3.8, 4) is 0 Å². The zero-order chi connectivity index (χ0) is 20.9. The molecule has 0 bridgehead atoms. The van der Waals surface area contributed by atoms with Crippen LogP contribution in [-0.4, -0.2) is 41.8 Å². The fourth-order valence-electron chi connectivity index (χ4n) is 4.68. The van der Waals surface area contributed by atoms with E-state index in [4.69, 9.17) is 0 Å². The molecule has 0 aromatic heterocycles. The summed E-state index contributed by atoms with van der Waals surface area (Å²) in [7, 11) is 1.88. The molecular formula is C26H32N2O2. The van der Waals surface area contributed by atoms with Crippen molar-refractivity contribution in [1.82, 2.24) is 9.80 Å². The zero-order valence-electron chi connectivity index (χ0n) is 17.9. The second kappa shape index (κ2) is 9.46. The second-order valence-corrected chi connectivity index (χ2v) is 8.90. The van der Waals surface area contributed by atoms with Gasteiger partial charge < -0.3 is 9.80 Å². The molecule has 1 heterocycles. The number of benzene rings is 2. The Morgan fingerprint density at radius 1 is 0.967 bits per heavy atom. The predicted molar refractivity (Wildman–Crippen MR) is 119 cm³/mol. The molecule has 0 spiro atoms. The summed E-state index contributed by atoms with van der Waals surface area (Å²) < 4.78 is 0. The molecule has 0 unspecified atom stereocenters. The number of hydrogen-bond donors (Lipinski definition) is 0. The lowest BCUT2D eigenvalue weighted by molar-refractivity contribution is -0.135. The van der Waals surface area contributed by atoms with Crippen LogP contribution in [0.25, 0.3) is 0 Å². The minimum Gasteiger partial charge on any atom is -0.342 e. The molecule has 0 radical (unpaired) electrons. The minimum absolute atomic E-state index is 0.178. The molecule has 1 saturated heterocycles. The Morgan fingerprint density at radius 2 is 1.60 bits per heavy atom. The van der Waals surface area contributed by atoms with E-state index in [1.165, 1.54) is 5.56 Å². The molecule has 2 fully saturated rings. The van der Waals surface area contributed by atoms with Gasteiger partial charge >= 0.3 is 0 Å². The van der Waals surface area contributed by atoms with Gasteiger partial charge in [0.25, 0.3) is 0 Å². The first-order valence-electron chi connectivity index (χ1n) is 11.2. The van der Waals surface area contributed by atoms with Gasteiger partial charge in [-0.05, 0) is 48.6 Å². The molecule has 2 atom stereocenters. The van der Waals surface area contributed by atoms with Gasteiger partial charge in [-0.1, -0.05) is 60.7 Å². The highest BCUT2D eigenvalue weighted by molar-refractivity contribution is 5.83. The smallest absolute Gasteiger partial charge is 0.226 e. The van der Waals surface area contributed by atoms with Crippen molar-refractivity contribution in [2.24, 2.45) is 11.8 Å². The Morgan fingerprint density at radius 3 is 2.27 bits per heavy atom. The predicted octanol–water partition coefficient (Wildman–Crippen LogP) is 4.47. The van der Waals surface area contributed by atoms with Crippen LogP contribution in [0.4, 0.5) is 0 Å². The summed E-state index contributed by atoms with van der Waals surface area (Å²) in [6, 6.07) is 20.5. The van der Waals surface area contributed by atoms with Crippen molar-refractivity contribution >= 4 is 11.8 Å². The van der Waals surface area contributed by atoms with Crippen LogP contribution in [0, 0.1) is 11.8 Å². The topological polar surface area (TPSA) is 40.6 Å². The number of carbonyl (C=O) groups is 2. The molecule has 4 nitrogen and oxygen atoms in total. The molecule has 30 heavy (non-hydrogen) atoms. The Balaban J connectivity index is 1.17. The SMILES string of the molecule is CN(Cc1ccccc1)C(=O)CCC1CCN(C(=O)[C@@H]2C[C@H]2c2ccccc2)CC1. The van der Waals surface area contributed by atoms with Gasteiger partial charge in [-0.15, -0.1) is 0 Å². The van der Waals surface area contributed by atoms with Crippen molar-refractivity contribution < 1.29 is 9.59 Å². The maximum atomic E-state index is 12.8. The highest BCUT2D eigenvalue weighted by Crippen LogP contribution is 2.48. The van der Waals surface area contributed by atoms with E-state index in [1.54, 1.807) is 0 Å². The Bertz CT molecular complexity index is 844. The van der Waals surface area contributed by atoms with E-state index >= 15 is 0 Å². The maximum absolute atomic E-state index is 12.8. The van der Waals surface area contributed by atoms with Crippen LogP contribution in [0.5, 0.6) is 0 Å². The third-order valence-electron chi connectivity index (χ3n) is 6.72. The Hall–Kier alpha value is -2.62. The van der Waals surface area contributed by atoms with Crippen molar-refractivity contribution in [2.75, 3.05) is 20.1 Å². The molecule has 2 amide bonds. The van der Waals surface area contributed by atoms with Gasteiger partial charge in [0.2, 0.25) is 11.8 Å². The number of piperidine rings is 1. The molecule has 2 aromatic carbocycles. The van der Waals surface area contributed by atoms with E-state index in [1.807, 2.05) is 36.2 Å². The van der Waals surface area contributed by atoms with Crippen molar-refractivity contribution in [3.05, 3.63) is 71.8 Å². The molecule has 1 aliphatic carbocycles. The van der Waals surface area contributed by atoms with Crippen LogP contribution in [0.3, 0.4) is 0 Å². The molecule has 4 heteroatoms. The average molecular weight is 405 g/mol. The molecule has 2 aliphatic rings. The molecule has 1 aliphatic heterocycles. The number of amides is 2. The second-order valence-electron chi connectivity index (χ2n) is 8.90.